The summed E-state index contributed by atoms with van der Waals surface area (Å²) < 4.78 is 32.7. The lowest BCUT2D eigenvalue weighted by Crippen LogP contribution is -2.31. The van der Waals surface area contributed by atoms with Gasteiger partial charge in [0.15, 0.2) is 5.25 Å². The molecule has 1 atom stereocenters. The van der Waals surface area contributed by atoms with Crippen LogP contribution >= 0.6 is 0 Å². The number of carbonyl (C=O) groups excluding carboxylic acids is 1. The summed E-state index contributed by atoms with van der Waals surface area (Å²) in [6, 6.07) is 0. The molecule has 1 unspecified atom stereocenters. The lowest BCUT2D eigenvalue weighted by Gasteiger charge is -2.12. The van der Waals surface area contributed by atoms with Crippen LogP contribution in [-0.4, -0.2) is 32.9 Å². The smallest absolute Gasteiger partial charge is 0.326 e. The monoisotopic (exact) mass is 266 g/mol. The number of carbonyl (C=O) groups is 1. The molecule has 0 rings (SSSR count). The number of hydrogen-bond donors (Lipinski definition) is 0. The van der Waals surface area contributed by atoms with Gasteiger partial charge in [-0.2, -0.15) is 8.42 Å². The second kappa shape index (κ2) is 8.47. The Balaban J connectivity index is 4.16. The number of hydrogen-bond acceptors (Lipinski definition) is 5. The number of esters is 1. The van der Waals surface area contributed by atoms with Crippen molar-refractivity contribution in [3.8, 4) is 0 Å². The molecule has 0 fully saturated rings. The fraction of sp³-hybridized carbons (Fsp3) is 0.909. The first-order valence-electron chi connectivity index (χ1n) is 6.00. The van der Waals surface area contributed by atoms with Gasteiger partial charge >= 0.3 is 5.97 Å². The van der Waals surface area contributed by atoms with Crippen molar-refractivity contribution < 1.29 is 22.1 Å². The first kappa shape index (κ1) is 16.4. The van der Waals surface area contributed by atoms with E-state index in [4.69, 9.17) is 8.92 Å². The van der Waals surface area contributed by atoms with E-state index in [-0.39, 0.29) is 13.2 Å². The molecule has 0 bridgehead atoms. The Bertz CT molecular complexity index is 310. The first-order valence-corrected chi connectivity index (χ1v) is 7.47. The van der Waals surface area contributed by atoms with Crippen LogP contribution in [0.3, 0.4) is 0 Å². The van der Waals surface area contributed by atoms with Crippen molar-refractivity contribution in [1.82, 2.24) is 0 Å². The number of rotatable bonds is 9. The molecular formula is C11H22O5S. The van der Waals surface area contributed by atoms with Crippen molar-refractivity contribution in [2.45, 2.75) is 51.7 Å². The topological polar surface area (TPSA) is 69.7 Å². The third-order valence-electron chi connectivity index (χ3n) is 2.25. The van der Waals surface area contributed by atoms with Crippen LogP contribution < -0.4 is 0 Å². The normalized spacial score (nSPS) is 13.4. The van der Waals surface area contributed by atoms with Crippen LogP contribution in [0.5, 0.6) is 0 Å². The molecule has 0 aliphatic rings. The standard InChI is InChI=1S/C11H22O5S/c1-4-6-8-15-11(12)10(3)17(13,14)16-9-7-5-2/h10H,4-9H2,1-3H3. The number of unbranched alkanes of at least 4 members (excludes halogenated alkanes) is 2. The van der Waals surface area contributed by atoms with Gasteiger partial charge < -0.3 is 4.74 Å². The molecule has 0 radical (unpaired) electrons. The summed E-state index contributed by atoms with van der Waals surface area (Å²) in [5.41, 5.74) is 0. The van der Waals surface area contributed by atoms with E-state index in [2.05, 4.69) is 0 Å². The Morgan fingerprint density at radius 2 is 1.65 bits per heavy atom. The minimum Gasteiger partial charge on any atom is -0.465 e. The van der Waals surface area contributed by atoms with Gasteiger partial charge in [-0.25, -0.2) is 0 Å². The summed E-state index contributed by atoms with van der Waals surface area (Å²) in [4.78, 5) is 11.4. The summed E-state index contributed by atoms with van der Waals surface area (Å²) in [7, 11) is -3.84. The second-order valence-corrected chi connectivity index (χ2v) is 5.76. The van der Waals surface area contributed by atoms with Gasteiger partial charge in [0.1, 0.15) is 0 Å². The molecule has 0 aliphatic heterocycles. The maximum atomic E-state index is 11.6. The summed E-state index contributed by atoms with van der Waals surface area (Å²) in [6.07, 6.45) is 3.11. The Hall–Kier alpha value is -0.620. The Labute approximate surface area is 104 Å². The molecule has 6 heteroatoms. The van der Waals surface area contributed by atoms with E-state index >= 15 is 0 Å². The molecule has 0 spiro atoms. The molecule has 0 saturated carbocycles. The van der Waals surface area contributed by atoms with Crippen molar-refractivity contribution >= 4 is 16.1 Å². The van der Waals surface area contributed by atoms with Crippen LogP contribution in [0.15, 0.2) is 0 Å². The van der Waals surface area contributed by atoms with Crippen molar-refractivity contribution in [2.75, 3.05) is 13.2 Å². The Kier molecular flexibility index (Phi) is 8.16. The highest BCUT2D eigenvalue weighted by Gasteiger charge is 2.30. The van der Waals surface area contributed by atoms with E-state index in [9.17, 15) is 13.2 Å². The zero-order valence-electron chi connectivity index (χ0n) is 10.8. The van der Waals surface area contributed by atoms with Crippen LogP contribution in [0.25, 0.3) is 0 Å². The summed E-state index contributed by atoms with van der Waals surface area (Å²) in [5.74, 6) is -0.741. The van der Waals surface area contributed by atoms with Gasteiger partial charge in [0.2, 0.25) is 0 Å². The number of ether oxygens (including phenoxy) is 1. The molecule has 102 valence electrons. The lowest BCUT2D eigenvalue weighted by atomic mass is 10.4. The fourth-order valence-electron chi connectivity index (χ4n) is 0.974. The van der Waals surface area contributed by atoms with Gasteiger partial charge in [-0.05, 0) is 19.8 Å². The third-order valence-corrected chi connectivity index (χ3v) is 3.81. The van der Waals surface area contributed by atoms with E-state index < -0.39 is 21.3 Å². The van der Waals surface area contributed by atoms with Crippen LogP contribution in [0.1, 0.15) is 46.5 Å². The van der Waals surface area contributed by atoms with Crippen molar-refractivity contribution in [3.05, 3.63) is 0 Å². The van der Waals surface area contributed by atoms with Crippen LogP contribution in [-0.2, 0) is 23.8 Å². The molecule has 0 aromatic carbocycles. The lowest BCUT2D eigenvalue weighted by molar-refractivity contribution is -0.143. The molecule has 0 N–H and O–H groups in total. The van der Waals surface area contributed by atoms with Gasteiger partial charge in [0, 0.05) is 0 Å². The molecule has 0 aliphatic carbocycles. The van der Waals surface area contributed by atoms with Gasteiger partial charge in [-0.3, -0.25) is 8.98 Å². The van der Waals surface area contributed by atoms with Crippen molar-refractivity contribution in [2.24, 2.45) is 0 Å². The quantitative estimate of drug-likeness (QED) is 0.362. The predicted octanol–water partition coefficient (Wildman–Crippen LogP) is 1.86. The molecule has 17 heavy (non-hydrogen) atoms. The van der Waals surface area contributed by atoms with E-state index in [1.807, 2.05) is 13.8 Å². The van der Waals surface area contributed by atoms with Crippen molar-refractivity contribution in [1.29, 1.82) is 0 Å². The summed E-state index contributed by atoms with van der Waals surface area (Å²) in [6.45, 7) is 5.55. The highest BCUT2D eigenvalue weighted by Crippen LogP contribution is 2.07. The molecule has 0 aromatic rings. The highest BCUT2D eigenvalue weighted by atomic mass is 32.2. The molecule has 0 aromatic heterocycles. The van der Waals surface area contributed by atoms with Crippen LogP contribution in [0.2, 0.25) is 0 Å². The maximum absolute atomic E-state index is 11.6. The molecular weight excluding hydrogens is 244 g/mol. The minimum atomic E-state index is -3.84. The van der Waals surface area contributed by atoms with Gasteiger partial charge in [0.25, 0.3) is 10.1 Å². The third kappa shape index (κ3) is 6.63. The largest absolute Gasteiger partial charge is 0.465 e. The molecule has 0 saturated heterocycles. The first-order chi connectivity index (χ1) is 7.95. The van der Waals surface area contributed by atoms with Crippen LogP contribution in [0, 0.1) is 0 Å². The molecule has 5 nitrogen and oxygen atoms in total. The zero-order valence-corrected chi connectivity index (χ0v) is 11.6. The summed E-state index contributed by atoms with van der Waals surface area (Å²) in [5, 5.41) is -1.25. The predicted molar refractivity (Wildman–Crippen MR) is 65.1 cm³/mol. The van der Waals surface area contributed by atoms with Gasteiger partial charge in [-0.15, -0.1) is 0 Å². The van der Waals surface area contributed by atoms with Gasteiger partial charge in [-0.1, -0.05) is 26.7 Å². The Morgan fingerprint density at radius 1 is 1.12 bits per heavy atom. The van der Waals surface area contributed by atoms with Crippen LogP contribution in [0.4, 0.5) is 0 Å². The zero-order chi connectivity index (χ0) is 13.3. The minimum absolute atomic E-state index is 0.116. The average molecular weight is 266 g/mol. The maximum Gasteiger partial charge on any atom is 0.326 e. The molecule has 0 heterocycles. The average Bonchev–Trinajstić information content (AvgIpc) is 2.28. The Morgan fingerprint density at radius 3 is 2.18 bits per heavy atom. The fourth-order valence-corrected chi connectivity index (χ4v) is 1.83. The highest BCUT2D eigenvalue weighted by molar-refractivity contribution is 7.88. The van der Waals surface area contributed by atoms with Gasteiger partial charge in [0.05, 0.1) is 13.2 Å². The molecule has 0 amide bonds. The summed E-state index contributed by atoms with van der Waals surface area (Å²) >= 11 is 0. The van der Waals surface area contributed by atoms with E-state index in [0.29, 0.717) is 6.42 Å². The van der Waals surface area contributed by atoms with E-state index in [1.54, 1.807) is 0 Å². The SMILES string of the molecule is CCCCOC(=O)C(C)S(=O)(=O)OCCCC. The van der Waals surface area contributed by atoms with Crippen molar-refractivity contribution in [3.63, 3.8) is 0 Å². The second-order valence-electron chi connectivity index (χ2n) is 3.83. The van der Waals surface area contributed by atoms with E-state index in [1.165, 1.54) is 6.92 Å². The van der Waals surface area contributed by atoms with E-state index in [0.717, 1.165) is 19.3 Å².